The van der Waals surface area contributed by atoms with E-state index in [1.54, 1.807) is 0 Å². The van der Waals surface area contributed by atoms with Gasteiger partial charge in [-0.2, -0.15) is 0 Å². The van der Waals surface area contributed by atoms with Crippen molar-refractivity contribution in [2.45, 2.75) is 89.2 Å². The molecule has 1 saturated heterocycles. The van der Waals surface area contributed by atoms with Gasteiger partial charge in [0.05, 0.1) is 5.41 Å². The number of carbonyl (C=O) groups is 2. The van der Waals surface area contributed by atoms with Crippen molar-refractivity contribution in [3.63, 3.8) is 0 Å². The van der Waals surface area contributed by atoms with Crippen molar-refractivity contribution in [3.05, 3.63) is 35.9 Å². The summed E-state index contributed by atoms with van der Waals surface area (Å²) in [6.07, 6.45) is 8.25. The fourth-order valence-electron chi connectivity index (χ4n) is 7.68. The lowest BCUT2D eigenvalue weighted by atomic mass is 9.42. The highest BCUT2D eigenvalue weighted by atomic mass is 16.6. The number of piperidine rings is 1. The molecule has 4 saturated carbocycles. The average molecular weight is 439 g/mol. The molecule has 2 unspecified atom stereocenters. The zero-order valence-electron chi connectivity index (χ0n) is 19.9. The summed E-state index contributed by atoms with van der Waals surface area (Å²) < 4.78 is 5.40. The van der Waals surface area contributed by atoms with Gasteiger partial charge in [0.2, 0.25) is 5.91 Å². The van der Waals surface area contributed by atoms with Crippen LogP contribution in [0.3, 0.4) is 0 Å². The fraction of sp³-hybridized carbons (Fsp3) is 0.704. The van der Waals surface area contributed by atoms with Crippen LogP contribution in [0, 0.1) is 17.3 Å². The van der Waals surface area contributed by atoms with Gasteiger partial charge < -0.3 is 15.0 Å². The molecule has 4 bridgehead atoms. The van der Waals surface area contributed by atoms with E-state index in [-0.39, 0.29) is 23.0 Å². The van der Waals surface area contributed by atoms with E-state index in [1.807, 2.05) is 20.8 Å². The van der Waals surface area contributed by atoms with Gasteiger partial charge in [-0.3, -0.25) is 4.79 Å². The maximum absolute atomic E-state index is 14.0. The Balaban J connectivity index is 1.26. The van der Waals surface area contributed by atoms with E-state index in [1.165, 1.54) is 24.8 Å². The number of nitrogens with one attached hydrogen (secondary N) is 1. The molecule has 1 aromatic carbocycles. The molecule has 5 heteroatoms. The van der Waals surface area contributed by atoms with Gasteiger partial charge in [0.1, 0.15) is 5.60 Å². The minimum absolute atomic E-state index is 0.0842. The van der Waals surface area contributed by atoms with E-state index in [0.717, 1.165) is 45.2 Å². The Labute approximate surface area is 192 Å². The van der Waals surface area contributed by atoms with Crippen LogP contribution in [-0.4, -0.2) is 41.6 Å². The van der Waals surface area contributed by atoms with Crippen molar-refractivity contribution in [1.82, 2.24) is 10.2 Å². The molecule has 1 aliphatic heterocycles. The number of rotatable bonds is 3. The minimum Gasteiger partial charge on any atom is -0.444 e. The molecule has 4 aliphatic carbocycles. The van der Waals surface area contributed by atoms with Gasteiger partial charge in [-0.25, -0.2) is 4.79 Å². The Kier molecular flexibility index (Phi) is 5.29. The normalized spacial score (nSPS) is 34.4. The van der Waals surface area contributed by atoms with Crippen LogP contribution in [-0.2, 0) is 14.9 Å². The van der Waals surface area contributed by atoms with Crippen LogP contribution in [0.4, 0.5) is 4.79 Å². The van der Waals surface area contributed by atoms with Crippen LogP contribution in [0.5, 0.6) is 0 Å². The number of alkyl carbamates (subject to hydrolysis) is 1. The zero-order chi connectivity index (χ0) is 22.6. The average Bonchev–Trinajstić information content (AvgIpc) is 2.72. The van der Waals surface area contributed by atoms with Gasteiger partial charge in [0, 0.05) is 19.1 Å². The second-order valence-electron chi connectivity index (χ2n) is 12.1. The van der Waals surface area contributed by atoms with Crippen molar-refractivity contribution < 1.29 is 14.3 Å². The van der Waals surface area contributed by atoms with Crippen LogP contribution in [0.1, 0.15) is 77.7 Å². The lowest BCUT2D eigenvalue weighted by Crippen LogP contribution is -2.60. The number of likely N-dealkylation sites (tertiary alicyclic amines) is 1. The molecule has 1 heterocycles. The molecule has 0 aromatic heterocycles. The predicted molar refractivity (Wildman–Crippen MR) is 124 cm³/mol. The Morgan fingerprint density at radius 2 is 1.62 bits per heavy atom. The van der Waals surface area contributed by atoms with Gasteiger partial charge in [0.25, 0.3) is 0 Å². The van der Waals surface area contributed by atoms with Crippen molar-refractivity contribution in [3.8, 4) is 0 Å². The van der Waals surface area contributed by atoms with E-state index in [0.29, 0.717) is 17.7 Å². The smallest absolute Gasteiger partial charge is 0.407 e. The van der Waals surface area contributed by atoms with E-state index >= 15 is 0 Å². The molecule has 2 amide bonds. The number of carbonyl (C=O) groups excluding carboxylic acids is 2. The molecule has 1 aromatic rings. The summed E-state index contributed by atoms with van der Waals surface area (Å²) in [6.45, 7) is 7.09. The number of hydrogen-bond donors (Lipinski definition) is 1. The lowest BCUT2D eigenvalue weighted by Gasteiger charge is -2.62. The minimum atomic E-state index is -0.492. The van der Waals surface area contributed by atoms with Crippen LogP contribution in [0.15, 0.2) is 30.3 Å². The highest BCUT2D eigenvalue weighted by Gasteiger charge is 2.61. The zero-order valence-corrected chi connectivity index (χ0v) is 19.9. The Morgan fingerprint density at radius 1 is 1.00 bits per heavy atom. The summed E-state index contributed by atoms with van der Waals surface area (Å²) in [7, 11) is 0. The molecular formula is C27H38N2O3. The van der Waals surface area contributed by atoms with Crippen molar-refractivity contribution >= 4 is 12.0 Å². The Bertz CT molecular complexity index is 853. The molecule has 6 rings (SSSR count). The van der Waals surface area contributed by atoms with Crippen LogP contribution >= 0.6 is 0 Å². The van der Waals surface area contributed by atoms with E-state index in [4.69, 9.17) is 4.74 Å². The quantitative estimate of drug-likeness (QED) is 0.719. The molecule has 5 fully saturated rings. The summed E-state index contributed by atoms with van der Waals surface area (Å²) in [5.41, 5.74) is 0.975. The third-order valence-electron chi connectivity index (χ3n) is 8.40. The van der Waals surface area contributed by atoms with Gasteiger partial charge >= 0.3 is 6.09 Å². The van der Waals surface area contributed by atoms with Gasteiger partial charge in [-0.05, 0) is 95.0 Å². The summed E-state index contributed by atoms with van der Waals surface area (Å²) in [5, 5.41) is 3.00. The number of hydrogen-bond acceptors (Lipinski definition) is 3. The summed E-state index contributed by atoms with van der Waals surface area (Å²) in [5.74, 6) is 1.76. The highest BCUT2D eigenvalue weighted by Crippen LogP contribution is 2.66. The Morgan fingerprint density at radius 3 is 2.22 bits per heavy atom. The number of amides is 2. The van der Waals surface area contributed by atoms with Crippen LogP contribution in [0.25, 0.3) is 0 Å². The Hall–Kier alpha value is -2.04. The summed E-state index contributed by atoms with van der Waals surface area (Å²) in [6, 6.07) is 11.1. The topological polar surface area (TPSA) is 58.6 Å². The van der Waals surface area contributed by atoms with Gasteiger partial charge in [-0.1, -0.05) is 30.3 Å². The number of nitrogens with zero attached hydrogens (tertiary/aromatic N) is 1. The van der Waals surface area contributed by atoms with Crippen LogP contribution in [0.2, 0.25) is 0 Å². The first-order chi connectivity index (χ1) is 15.2. The summed E-state index contributed by atoms with van der Waals surface area (Å²) in [4.78, 5) is 28.2. The van der Waals surface area contributed by atoms with Crippen LogP contribution < -0.4 is 5.32 Å². The van der Waals surface area contributed by atoms with Gasteiger partial charge in [-0.15, -0.1) is 0 Å². The molecular weight excluding hydrogens is 400 g/mol. The summed E-state index contributed by atoms with van der Waals surface area (Å²) >= 11 is 0. The highest BCUT2D eigenvalue weighted by molar-refractivity contribution is 5.84. The maximum atomic E-state index is 14.0. The van der Waals surface area contributed by atoms with Crippen molar-refractivity contribution in [2.75, 3.05) is 13.1 Å². The molecule has 0 radical (unpaired) electrons. The first-order valence-electron chi connectivity index (χ1n) is 12.5. The molecule has 5 aliphatic rings. The second-order valence-corrected chi connectivity index (χ2v) is 12.1. The molecule has 2 atom stereocenters. The van der Waals surface area contributed by atoms with E-state index < -0.39 is 5.60 Å². The van der Waals surface area contributed by atoms with E-state index in [2.05, 4.69) is 40.5 Å². The van der Waals surface area contributed by atoms with Crippen molar-refractivity contribution in [1.29, 1.82) is 0 Å². The monoisotopic (exact) mass is 438 g/mol. The third kappa shape index (κ3) is 4.04. The van der Waals surface area contributed by atoms with Gasteiger partial charge in [0.15, 0.2) is 0 Å². The fourth-order valence-corrected chi connectivity index (χ4v) is 7.68. The second kappa shape index (κ2) is 7.78. The largest absolute Gasteiger partial charge is 0.444 e. The first kappa shape index (κ1) is 21.8. The first-order valence-corrected chi connectivity index (χ1v) is 12.5. The molecule has 1 N–H and O–H groups in total. The number of ether oxygens (including phenoxy) is 1. The predicted octanol–water partition coefficient (Wildman–Crippen LogP) is 5.04. The number of benzene rings is 1. The standard InChI is InChI=1S/C27H38N2O3/c1-25(2,3)32-24(31)28-22-9-11-29(12-10-22)23(30)27-16-19-13-20(17-27)15-26(14-19,18-27)21-7-5-4-6-8-21/h4-8,19-20,22H,9-18H2,1-3H3,(H,28,31). The molecule has 174 valence electrons. The maximum Gasteiger partial charge on any atom is 0.407 e. The third-order valence-corrected chi connectivity index (χ3v) is 8.40. The molecule has 5 nitrogen and oxygen atoms in total. The van der Waals surface area contributed by atoms with Crippen molar-refractivity contribution in [2.24, 2.45) is 17.3 Å². The lowest BCUT2D eigenvalue weighted by molar-refractivity contribution is -0.161. The van der Waals surface area contributed by atoms with E-state index in [9.17, 15) is 9.59 Å². The molecule has 0 spiro atoms. The SMILES string of the molecule is CC(C)(C)OC(=O)NC1CCN(C(=O)C23CC4CC(C2)CC(c2ccccc2)(C4)C3)CC1. The molecule has 32 heavy (non-hydrogen) atoms.